The number of hydrogen-bond acceptors (Lipinski definition) is 22. The number of aryl methyl sites for hydroxylation is 1. The first-order chi connectivity index (χ1) is 66.7. The lowest BCUT2D eigenvalue weighted by Gasteiger charge is -2.35. The topological polar surface area (TPSA) is 292 Å². The van der Waals surface area contributed by atoms with Crippen molar-refractivity contribution in [3.05, 3.63) is 325 Å². The number of aliphatic hydroxyl groups is 2. The minimum Gasteiger partial charge on any atom is -0.747 e. The van der Waals surface area contributed by atoms with Crippen LogP contribution in [0.3, 0.4) is 0 Å². The number of aliphatic hydroxyl groups excluding tert-OH is 2. The van der Waals surface area contributed by atoms with Crippen molar-refractivity contribution >= 4 is 47.9 Å². The number of aldehydes is 4. The standard InChI is InChI=1S/C23H28FNO.C22H28FNO5S.C22H26FNO2.C21H24FNO6S.C21H24FNO3/c1-17-4-3-5-22(23(17)16-26)18(2)20-11-14-25(15-12-20)13-10-19-6-8-21(24)9-7-19;1-16(20-4-3-5-21(22(20)27-2)28-29-30(25)26)18-11-14-24(15-12-18)13-10-17-6-8-19(23)9-7-17;1-16(20-3-2-4-22(26)21(20)15-25)18-10-13-24(14-11-18)12-9-17-5-7-19(23)8-6-17;22-17-6-4-15(5-7-17)8-11-23-12-9-16(10-13-23)21(25)18-2-1-3-20(19(18)14-24)28-29-30(26)27;22-17-6-4-15(5-7-17)8-11-23-12-9-16(10-13-23)21(26)18-2-1-3-20(25)19(18)14-24/h3-9,16,18,20H,10-15H2,1-2H3;3-9,16,18H,10-15H2,1-2H3,(H,25,26);2-8,15-16,18,26H,9-14H2,1H3;1-7,14,16,21,25H,8-13H2,(H,26,27);1-7,14,16,21,25-26H,8-13H2/p-2. The first-order valence-corrected chi connectivity index (χ1v) is 49.6. The van der Waals surface area contributed by atoms with Crippen molar-refractivity contribution in [3.8, 4) is 28.7 Å². The number of carbonyl (C=O) groups excluding carboxylic acids is 4. The summed E-state index contributed by atoms with van der Waals surface area (Å²) in [5.74, 6) is 2.14. The van der Waals surface area contributed by atoms with Crippen molar-refractivity contribution in [1.29, 1.82) is 0 Å². The number of carbonyl (C=O) groups is 4. The highest BCUT2D eigenvalue weighted by molar-refractivity contribution is 7.74. The van der Waals surface area contributed by atoms with Gasteiger partial charge in [0.25, 0.3) is 0 Å². The molecular weight excluding hydrogens is 1810 g/mol. The molecule has 7 atom stereocenters. The van der Waals surface area contributed by atoms with E-state index in [9.17, 15) is 79.1 Å². The number of aromatic hydroxyl groups is 2. The fourth-order valence-corrected chi connectivity index (χ4v) is 19.9. The van der Waals surface area contributed by atoms with Crippen molar-refractivity contribution in [2.75, 3.05) is 105 Å². The second-order valence-electron chi connectivity index (χ2n) is 36.5. The van der Waals surface area contributed by atoms with Crippen LogP contribution in [0.25, 0.3) is 0 Å². The summed E-state index contributed by atoms with van der Waals surface area (Å²) in [7, 11) is 1.53. The van der Waals surface area contributed by atoms with E-state index in [1.54, 1.807) is 54.6 Å². The zero-order valence-corrected chi connectivity index (χ0v) is 80.7. The predicted octanol–water partition coefficient (Wildman–Crippen LogP) is 19.5. The summed E-state index contributed by atoms with van der Waals surface area (Å²) in [5, 5.41) is 41.2. The average Bonchev–Trinajstić information content (AvgIpc) is 0.778. The third-order valence-corrected chi connectivity index (χ3v) is 28.5. The van der Waals surface area contributed by atoms with Crippen LogP contribution in [-0.2, 0) is 63.5 Å². The van der Waals surface area contributed by atoms with Gasteiger partial charge in [0.2, 0.25) is 5.75 Å². The zero-order valence-electron chi connectivity index (χ0n) is 79.0. The summed E-state index contributed by atoms with van der Waals surface area (Å²) in [6, 6.07) is 59.7. The second-order valence-corrected chi connectivity index (χ2v) is 37.6. The molecule has 0 aromatic heterocycles. The van der Waals surface area contributed by atoms with Crippen LogP contribution in [0.15, 0.2) is 212 Å². The number of benzene rings is 10. The van der Waals surface area contributed by atoms with E-state index in [1.165, 1.54) is 91.0 Å². The number of ether oxygens (including phenoxy) is 1. The van der Waals surface area contributed by atoms with Gasteiger partial charge in [-0.2, -0.15) is 0 Å². The fourth-order valence-electron chi connectivity index (χ4n) is 19.6. The number of likely N-dealkylation sites (tertiary alicyclic amines) is 5. The van der Waals surface area contributed by atoms with Crippen LogP contribution in [0.4, 0.5) is 22.0 Å². The number of para-hydroxylation sites is 1. The van der Waals surface area contributed by atoms with Gasteiger partial charge in [0, 0.05) is 43.9 Å². The Labute approximate surface area is 812 Å². The van der Waals surface area contributed by atoms with Crippen LogP contribution < -0.4 is 14.5 Å². The summed E-state index contributed by atoms with van der Waals surface area (Å²) in [5.41, 5.74) is 12.3. The molecule has 7 unspecified atom stereocenters. The summed E-state index contributed by atoms with van der Waals surface area (Å²) in [6.45, 7) is 22.9. The quantitative estimate of drug-likeness (QED) is 0.00933. The minimum absolute atomic E-state index is 0.0458. The molecule has 0 bridgehead atoms. The van der Waals surface area contributed by atoms with E-state index in [1.807, 2.05) is 79.7 Å². The first-order valence-electron chi connectivity index (χ1n) is 47.6. The lowest BCUT2D eigenvalue weighted by atomic mass is 9.79. The number of phenols is 2. The zero-order chi connectivity index (χ0) is 98.6. The predicted molar refractivity (Wildman–Crippen MR) is 521 cm³/mol. The molecule has 0 spiro atoms. The molecule has 29 heteroatoms. The van der Waals surface area contributed by atoms with Crippen molar-refractivity contribution in [3.63, 3.8) is 0 Å². The SMILES string of the molecule is CC(c1cccc(O)c1C=O)C1CCN(CCc2ccc(F)cc2)CC1.COc1c(OOS(=O)[O-])cccc1C(C)C1CCN(CCc2ccc(F)cc2)CC1.Cc1cccc(C(C)C2CCN(CCc3ccc(F)cc3)CC2)c1C=O.O=Cc1c(O)cccc1C(O)C1CCN(CCc2ccc(F)cc2)CC1.O=Cc1c(OOS(=O)[O-])cccc1C(O)C1CCN(CCc2ccc(F)cc2)CC1. The summed E-state index contributed by atoms with van der Waals surface area (Å²) < 4.78 is 121. The van der Waals surface area contributed by atoms with Crippen LogP contribution in [0.1, 0.15) is 218 Å². The Morgan fingerprint density at radius 2 is 0.587 bits per heavy atom. The second kappa shape index (κ2) is 55.4. The number of piperidine rings is 5. The maximum absolute atomic E-state index is 13.0. The molecule has 5 aliphatic heterocycles. The van der Waals surface area contributed by atoms with Gasteiger partial charge in [-0.25, -0.2) is 30.4 Å². The van der Waals surface area contributed by atoms with Gasteiger partial charge in [-0.05, 0) is 357 Å². The van der Waals surface area contributed by atoms with Crippen molar-refractivity contribution in [1.82, 2.24) is 24.5 Å². The third-order valence-electron chi connectivity index (χ3n) is 28.2. The third kappa shape index (κ3) is 32.5. The molecule has 5 saturated heterocycles. The van der Waals surface area contributed by atoms with Crippen LogP contribution in [0, 0.1) is 65.6 Å². The van der Waals surface area contributed by atoms with Gasteiger partial charge in [-0.1, -0.05) is 157 Å². The minimum atomic E-state index is -2.89. The molecule has 4 N–H and O–H groups in total. The van der Waals surface area contributed by atoms with Gasteiger partial charge in [-0.15, -0.1) is 0 Å². The molecule has 0 saturated carbocycles. The monoisotopic (exact) mass is 1940 g/mol. The van der Waals surface area contributed by atoms with E-state index in [-0.39, 0.29) is 86.9 Å². The molecule has 138 heavy (non-hydrogen) atoms. The van der Waals surface area contributed by atoms with Gasteiger partial charge in [0.1, 0.15) is 63.3 Å². The average molecular weight is 1940 g/mol. The summed E-state index contributed by atoms with van der Waals surface area (Å²) in [4.78, 5) is 67.2. The number of nitrogens with zero attached hydrogens (tertiary/aromatic N) is 5. The molecular formula is C109H128F5N5O17S2-2. The Kier molecular flexibility index (Phi) is 43.3. The number of phenolic OH excluding ortho intramolecular Hbond substituents is 2. The molecule has 5 fully saturated rings. The number of halogens is 5. The highest BCUT2D eigenvalue weighted by Crippen LogP contribution is 2.44. The Hall–Kier alpha value is -10.6. The smallest absolute Gasteiger partial charge is 0.208 e. The maximum Gasteiger partial charge on any atom is 0.208 e. The van der Waals surface area contributed by atoms with E-state index in [0.29, 0.717) is 58.7 Å². The van der Waals surface area contributed by atoms with Crippen molar-refractivity contribution in [2.45, 2.75) is 154 Å². The maximum atomic E-state index is 13.0. The van der Waals surface area contributed by atoms with Gasteiger partial charge in [-0.3, -0.25) is 19.2 Å². The largest absolute Gasteiger partial charge is 0.747 e. The van der Waals surface area contributed by atoms with E-state index >= 15 is 0 Å². The number of rotatable bonds is 36. The normalized spacial score (nSPS) is 17.3. The van der Waals surface area contributed by atoms with E-state index in [4.69, 9.17) is 9.62 Å². The van der Waals surface area contributed by atoms with E-state index in [0.717, 1.165) is 252 Å². The van der Waals surface area contributed by atoms with Crippen LogP contribution in [-0.4, -0.2) is 193 Å². The Balaban J connectivity index is 0.000000166. The van der Waals surface area contributed by atoms with Gasteiger partial charge in [0.15, 0.2) is 36.6 Å². The molecule has 10 aromatic carbocycles. The van der Waals surface area contributed by atoms with Gasteiger partial charge < -0.3 is 68.5 Å². The summed E-state index contributed by atoms with van der Waals surface area (Å²) in [6.07, 6.45) is 15.5. The molecule has 5 aliphatic rings. The van der Waals surface area contributed by atoms with Crippen molar-refractivity contribution in [2.24, 2.45) is 29.6 Å². The van der Waals surface area contributed by atoms with E-state index < -0.39 is 34.9 Å². The summed E-state index contributed by atoms with van der Waals surface area (Å²) >= 11 is -5.67. The molecule has 22 nitrogen and oxygen atoms in total. The Morgan fingerprint density at radius 1 is 0.341 bits per heavy atom. The van der Waals surface area contributed by atoms with Crippen LogP contribution in [0.5, 0.6) is 28.7 Å². The lowest BCUT2D eigenvalue weighted by Crippen LogP contribution is -2.37. The molecule has 0 amide bonds. The van der Waals surface area contributed by atoms with Crippen LogP contribution >= 0.6 is 0 Å². The molecule has 10 aromatic rings. The van der Waals surface area contributed by atoms with Gasteiger partial charge >= 0.3 is 0 Å². The molecule has 15 rings (SSSR count). The number of methoxy groups -OCH3 is 1. The Bertz CT molecular complexity index is 5180. The molecule has 0 radical (unpaired) electrons. The molecule has 5 heterocycles. The highest BCUT2D eigenvalue weighted by atomic mass is 32.2. The van der Waals surface area contributed by atoms with Crippen LogP contribution in [0.2, 0.25) is 0 Å². The first kappa shape index (κ1) is 108. The molecule has 740 valence electrons. The fraction of sp³-hybridized carbons (Fsp3) is 0.413. The van der Waals surface area contributed by atoms with Crippen molar-refractivity contribution < 1.29 is 102 Å². The lowest BCUT2D eigenvalue weighted by molar-refractivity contribution is -0.0964. The van der Waals surface area contributed by atoms with Gasteiger partial charge in [0.05, 0.1) is 36.0 Å². The van der Waals surface area contributed by atoms with E-state index in [2.05, 4.69) is 71.0 Å². The number of hydrogen-bond donors (Lipinski definition) is 4. The Morgan fingerprint density at radius 3 is 0.891 bits per heavy atom. The highest BCUT2D eigenvalue weighted by Gasteiger charge is 2.34. The molecule has 0 aliphatic carbocycles.